The number of hydrogen-bond acceptors (Lipinski definition) is 4. The summed E-state index contributed by atoms with van der Waals surface area (Å²) >= 11 is 6.05. The fraction of sp³-hybridized carbons (Fsp3) is 0.370. The first-order valence-electron chi connectivity index (χ1n) is 11.9. The summed E-state index contributed by atoms with van der Waals surface area (Å²) in [6, 6.07) is 15.6. The van der Waals surface area contributed by atoms with Crippen LogP contribution in [0.5, 0.6) is 5.75 Å². The van der Waals surface area contributed by atoms with Crippen molar-refractivity contribution in [3.05, 3.63) is 65.3 Å². The molecule has 0 atom stereocenters. The van der Waals surface area contributed by atoms with Crippen molar-refractivity contribution in [2.45, 2.75) is 53.0 Å². The lowest BCUT2D eigenvalue weighted by Crippen LogP contribution is -2.44. The summed E-state index contributed by atoms with van der Waals surface area (Å²) in [5.74, 6) is 0.909. The molecule has 0 fully saturated rings. The Kier molecular flexibility index (Phi) is 8.63. The van der Waals surface area contributed by atoms with E-state index in [9.17, 15) is 9.59 Å². The van der Waals surface area contributed by atoms with Crippen molar-refractivity contribution in [3.8, 4) is 11.4 Å². The van der Waals surface area contributed by atoms with Gasteiger partial charge in [-0.3, -0.25) is 4.79 Å². The van der Waals surface area contributed by atoms with Gasteiger partial charge in [0.1, 0.15) is 18.1 Å². The second-order valence-electron chi connectivity index (χ2n) is 9.71. The van der Waals surface area contributed by atoms with Crippen LogP contribution in [0, 0.1) is 0 Å². The van der Waals surface area contributed by atoms with Gasteiger partial charge in [0.2, 0.25) is 5.91 Å². The van der Waals surface area contributed by atoms with Crippen molar-refractivity contribution in [2.75, 3.05) is 23.8 Å². The summed E-state index contributed by atoms with van der Waals surface area (Å²) in [5, 5.41) is 11.1. The van der Waals surface area contributed by atoms with Gasteiger partial charge in [0.15, 0.2) is 0 Å². The summed E-state index contributed by atoms with van der Waals surface area (Å²) < 4.78 is 7.12. The number of urea groups is 1. The monoisotopic (exact) mass is 511 g/mol. The Bertz CT molecular complexity index is 1180. The summed E-state index contributed by atoms with van der Waals surface area (Å²) in [7, 11) is 0. The van der Waals surface area contributed by atoms with Gasteiger partial charge in [-0.1, -0.05) is 32.4 Å². The molecular formula is C27H34ClN5O3. The van der Waals surface area contributed by atoms with Crippen LogP contribution in [-0.2, 0) is 10.2 Å². The van der Waals surface area contributed by atoms with Gasteiger partial charge in [-0.2, -0.15) is 5.10 Å². The van der Waals surface area contributed by atoms with E-state index >= 15 is 0 Å². The van der Waals surface area contributed by atoms with E-state index in [1.807, 2.05) is 39.0 Å². The van der Waals surface area contributed by atoms with Crippen molar-refractivity contribution in [2.24, 2.45) is 0 Å². The summed E-state index contributed by atoms with van der Waals surface area (Å²) in [4.78, 5) is 27.5. The van der Waals surface area contributed by atoms with Crippen LogP contribution in [0.25, 0.3) is 5.69 Å². The molecule has 192 valence electrons. The Morgan fingerprint density at radius 3 is 2.25 bits per heavy atom. The molecule has 0 aliphatic heterocycles. The van der Waals surface area contributed by atoms with E-state index in [0.29, 0.717) is 23.1 Å². The Morgan fingerprint density at radius 1 is 1.06 bits per heavy atom. The number of hydrogen-bond donors (Lipinski definition) is 2. The standard InChI is InChI=1S/C27H34ClN5O3/c1-7-36-22-14-10-20(11-15-22)29-26(35)32(18(2)3)17-25(34)30-24-16-23(27(4,5)6)31-33(24)21-12-8-19(28)9-13-21/h8-16,18H,7,17H2,1-6H3,(H,29,35)(H,30,34). The van der Waals surface area contributed by atoms with Crippen molar-refractivity contribution < 1.29 is 14.3 Å². The average molecular weight is 512 g/mol. The van der Waals surface area contributed by atoms with E-state index in [1.54, 1.807) is 41.1 Å². The molecule has 1 heterocycles. The molecule has 2 N–H and O–H groups in total. The molecule has 0 spiro atoms. The molecule has 3 rings (SSSR count). The molecule has 0 aliphatic rings. The van der Waals surface area contributed by atoms with Crippen LogP contribution in [-0.4, -0.2) is 45.8 Å². The minimum absolute atomic E-state index is 0.128. The highest BCUT2D eigenvalue weighted by Gasteiger charge is 2.24. The van der Waals surface area contributed by atoms with Gasteiger partial charge in [-0.25, -0.2) is 9.48 Å². The Hall–Kier alpha value is -3.52. The first-order valence-corrected chi connectivity index (χ1v) is 12.3. The van der Waals surface area contributed by atoms with Gasteiger partial charge in [0.05, 0.1) is 18.0 Å². The van der Waals surface area contributed by atoms with Crippen LogP contribution in [0.15, 0.2) is 54.6 Å². The van der Waals surface area contributed by atoms with Crippen molar-refractivity contribution in [1.82, 2.24) is 14.7 Å². The third kappa shape index (κ3) is 7.01. The average Bonchev–Trinajstić information content (AvgIpc) is 3.23. The van der Waals surface area contributed by atoms with E-state index in [4.69, 9.17) is 21.4 Å². The molecule has 0 unspecified atom stereocenters. The minimum Gasteiger partial charge on any atom is -0.494 e. The third-order valence-electron chi connectivity index (χ3n) is 5.43. The molecule has 3 amide bonds. The van der Waals surface area contributed by atoms with Crippen LogP contribution >= 0.6 is 11.6 Å². The SMILES string of the molecule is CCOc1ccc(NC(=O)N(CC(=O)Nc2cc(C(C)(C)C)nn2-c2ccc(Cl)cc2)C(C)C)cc1. The lowest BCUT2D eigenvalue weighted by molar-refractivity contribution is -0.117. The molecule has 9 heteroatoms. The predicted molar refractivity (Wildman–Crippen MR) is 144 cm³/mol. The number of ether oxygens (including phenoxy) is 1. The summed E-state index contributed by atoms with van der Waals surface area (Å²) in [5.41, 5.74) is 1.98. The second-order valence-corrected chi connectivity index (χ2v) is 10.1. The smallest absolute Gasteiger partial charge is 0.322 e. The minimum atomic E-state index is -0.370. The Balaban J connectivity index is 1.76. The normalized spacial score (nSPS) is 11.3. The molecule has 8 nitrogen and oxygen atoms in total. The van der Waals surface area contributed by atoms with E-state index in [1.165, 1.54) is 4.90 Å². The zero-order valence-corrected chi connectivity index (χ0v) is 22.4. The van der Waals surface area contributed by atoms with Gasteiger partial charge < -0.3 is 20.3 Å². The molecule has 0 saturated carbocycles. The maximum absolute atomic E-state index is 13.1. The fourth-order valence-electron chi connectivity index (χ4n) is 3.44. The highest BCUT2D eigenvalue weighted by atomic mass is 35.5. The number of nitrogens with zero attached hydrogens (tertiary/aromatic N) is 3. The van der Waals surface area contributed by atoms with E-state index < -0.39 is 0 Å². The van der Waals surface area contributed by atoms with Crippen LogP contribution in [0.1, 0.15) is 47.2 Å². The first kappa shape index (κ1) is 27.1. The fourth-order valence-corrected chi connectivity index (χ4v) is 3.56. The van der Waals surface area contributed by atoms with Gasteiger partial charge in [0.25, 0.3) is 0 Å². The lowest BCUT2D eigenvalue weighted by Gasteiger charge is -2.26. The molecule has 2 aromatic carbocycles. The highest BCUT2D eigenvalue weighted by Crippen LogP contribution is 2.27. The first-order chi connectivity index (χ1) is 17.0. The number of rotatable bonds is 8. The largest absolute Gasteiger partial charge is 0.494 e. The number of nitrogens with one attached hydrogen (secondary N) is 2. The molecular weight excluding hydrogens is 478 g/mol. The van der Waals surface area contributed by atoms with Gasteiger partial charge >= 0.3 is 6.03 Å². The molecule has 0 bridgehead atoms. The van der Waals surface area contributed by atoms with E-state index in [2.05, 4.69) is 31.4 Å². The summed E-state index contributed by atoms with van der Waals surface area (Å²) in [6.07, 6.45) is 0. The van der Waals surface area contributed by atoms with Gasteiger partial charge in [0, 0.05) is 28.2 Å². The maximum atomic E-state index is 13.1. The maximum Gasteiger partial charge on any atom is 0.322 e. The van der Waals surface area contributed by atoms with Crippen molar-refractivity contribution >= 4 is 35.0 Å². The van der Waals surface area contributed by atoms with E-state index in [0.717, 1.165) is 17.1 Å². The highest BCUT2D eigenvalue weighted by molar-refractivity contribution is 6.30. The molecule has 0 radical (unpaired) electrons. The predicted octanol–water partition coefficient (Wildman–Crippen LogP) is 6.10. The van der Waals surface area contributed by atoms with E-state index in [-0.39, 0.29) is 29.9 Å². The third-order valence-corrected chi connectivity index (χ3v) is 5.68. The number of amides is 3. The van der Waals surface area contributed by atoms with Crippen LogP contribution < -0.4 is 15.4 Å². The van der Waals surface area contributed by atoms with Crippen LogP contribution in [0.3, 0.4) is 0 Å². The zero-order valence-electron chi connectivity index (χ0n) is 21.6. The number of carbonyl (C=O) groups excluding carboxylic acids is 2. The van der Waals surface area contributed by atoms with Crippen molar-refractivity contribution in [3.63, 3.8) is 0 Å². The molecule has 36 heavy (non-hydrogen) atoms. The van der Waals surface area contributed by atoms with Gasteiger partial charge in [-0.05, 0) is 69.3 Å². The molecule has 0 saturated heterocycles. The topological polar surface area (TPSA) is 88.5 Å². The number of benzene rings is 2. The Morgan fingerprint density at radius 2 is 1.69 bits per heavy atom. The van der Waals surface area contributed by atoms with Crippen molar-refractivity contribution in [1.29, 1.82) is 0 Å². The summed E-state index contributed by atoms with van der Waals surface area (Å²) in [6.45, 7) is 12.2. The quantitative estimate of drug-likeness (QED) is 0.382. The Labute approximate surface area is 217 Å². The number of halogens is 1. The number of carbonyl (C=O) groups is 2. The zero-order chi connectivity index (χ0) is 26.5. The lowest BCUT2D eigenvalue weighted by atomic mass is 9.92. The van der Waals surface area contributed by atoms with Crippen LogP contribution in [0.4, 0.5) is 16.3 Å². The molecule has 3 aromatic rings. The van der Waals surface area contributed by atoms with Crippen LogP contribution in [0.2, 0.25) is 5.02 Å². The second kappa shape index (κ2) is 11.5. The molecule has 1 aromatic heterocycles. The van der Waals surface area contributed by atoms with Gasteiger partial charge in [-0.15, -0.1) is 0 Å². The number of anilines is 2. The number of aromatic nitrogens is 2. The molecule has 0 aliphatic carbocycles.